The van der Waals surface area contributed by atoms with Crippen molar-refractivity contribution in [3.8, 4) is 0 Å². The molecule has 4 nitrogen and oxygen atoms in total. The minimum Gasteiger partial charge on any atom is -0.451 e. The Morgan fingerprint density at radius 3 is 2.76 bits per heavy atom. The molecule has 106 valence electrons. The van der Waals surface area contributed by atoms with Gasteiger partial charge in [-0.1, -0.05) is 11.6 Å². The lowest BCUT2D eigenvalue weighted by molar-refractivity contribution is 0.0998. The zero-order chi connectivity index (χ0) is 15.0. The number of nitrogens with one attached hydrogen (secondary N) is 1. The molecule has 0 spiro atoms. The second-order valence-electron chi connectivity index (χ2n) is 4.49. The van der Waals surface area contributed by atoms with Crippen molar-refractivity contribution in [3.05, 3.63) is 56.8 Å². The van der Waals surface area contributed by atoms with Crippen molar-refractivity contribution >= 4 is 62.4 Å². The topological polar surface area (TPSA) is 68.3 Å². The predicted octanol–water partition coefficient (Wildman–Crippen LogP) is 4.53. The molecular weight excluding hydrogens is 403 g/mol. The Morgan fingerprint density at radius 1 is 1.19 bits per heavy atom. The van der Waals surface area contributed by atoms with Crippen LogP contribution in [0, 0.1) is 3.57 Å². The molecule has 21 heavy (non-hydrogen) atoms. The SMILES string of the molecule is Nc1ccc2oc(C(=O)Nc3ccc(I)cc3Cl)cc2c1. The lowest BCUT2D eigenvalue weighted by Gasteiger charge is -2.05. The van der Waals surface area contributed by atoms with Crippen molar-refractivity contribution in [1.82, 2.24) is 0 Å². The normalized spacial score (nSPS) is 10.8. The molecule has 0 atom stereocenters. The number of amides is 1. The van der Waals surface area contributed by atoms with Gasteiger partial charge in [0.15, 0.2) is 5.76 Å². The van der Waals surface area contributed by atoms with Gasteiger partial charge in [-0.3, -0.25) is 4.79 Å². The summed E-state index contributed by atoms with van der Waals surface area (Å²) in [6.45, 7) is 0. The van der Waals surface area contributed by atoms with Crippen LogP contribution in [0.3, 0.4) is 0 Å². The summed E-state index contributed by atoms with van der Waals surface area (Å²) in [5.74, 6) is -0.141. The molecule has 0 aliphatic heterocycles. The molecule has 2 aromatic carbocycles. The van der Waals surface area contributed by atoms with Crippen molar-refractivity contribution in [2.24, 2.45) is 0 Å². The molecule has 6 heteroatoms. The largest absolute Gasteiger partial charge is 0.451 e. The number of anilines is 2. The number of carbonyl (C=O) groups is 1. The first-order valence-corrected chi connectivity index (χ1v) is 7.54. The fraction of sp³-hybridized carbons (Fsp3) is 0. The monoisotopic (exact) mass is 412 g/mol. The zero-order valence-electron chi connectivity index (χ0n) is 10.7. The number of nitrogens with two attached hydrogens (primary N) is 1. The Bertz CT molecular complexity index is 845. The molecule has 3 rings (SSSR count). The Labute approximate surface area is 139 Å². The number of hydrogen-bond donors (Lipinski definition) is 2. The van der Waals surface area contributed by atoms with E-state index in [1.165, 1.54) is 0 Å². The number of carbonyl (C=O) groups excluding carboxylic acids is 1. The highest BCUT2D eigenvalue weighted by Crippen LogP contribution is 2.26. The van der Waals surface area contributed by atoms with E-state index in [4.69, 9.17) is 21.8 Å². The quantitative estimate of drug-likeness (QED) is 0.480. The first-order chi connectivity index (χ1) is 10.0. The molecule has 1 amide bonds. The number of hydrogen-bond acceptors (Lipinski definition) is 3. The number of benzene rings is 2. The van der Waals surface area contributed by atoms with E-state index in [2.05, 4.69) is 27.9 Å². The van der Waals surface area contributed by atoms with Crippen molar-refractivity contribution in [3.63, 3.8) is 0 Å². The molecular formula is C15H10ClIN2O2. The zero-order valence-corrected chi connectivity index (χ0v) is 13.6. The van der Waals surface area contributed by atoms with Crippen molar-refractivity contribution in [2.75, 3.05) is 11.1 Å². The van der Waals surface area contributed by atoms with Gasteiger partial charge in [-0.2, -0.15) is 0 Å². The number of rotatable bonds is 2. The minimum absolute atomic E-state index is 0.213. The molecule has 1 heterocycles. The van der Waals surface area contributed by atoms with E-state index >= 15 is 0 Å². The van der Waals surface area contributed by atoms with E-state index in [9.17, 15) is 4.79 Å². The molecule has 0 radical (unpaired) electrons. The smallest absolute Gasteiger partial charge is 0.291 e. The van der Waals surface area contributed by atoms with Crippen LogP contribution in [0.1, 0.15) is 10.6 Å². The summed E-state index contributed by atoms with van der Waals surface area (Å²) in [5, 5.41) is 4.00. The average Bonchev–Trinajstić information content (AvgIpc) is 2.85. The molecule has 3 aromatic rings. The fourth-order valence-electron chi connectivity index (χ4n) is 1.95. The minimum atomic E-state index is -0.354. The highest BCUT2D eigenvalue weighted by atomic mass is 127. The van der Waals surface area contributed by atoms with Crippen LogP contribution in [0.5, 0.6) is 0 Å². The van der Waals surface area contributed by atoms with Gasteiger partial charge in [0, 0.05) is 14.6 Å². The molecule has 0 saturated heterocycles. The van der Waals surface area contributed by atoms with Gasteiger partial charge < -0.3 is 15.5 Å². The third-order valence-electron chi connectivity index (χ3n) is 2.94. The molecule has 0 unspecified atom stereocenters. The van der Waals surface area contributed by atoms with Crippen molar-refractivity contribution in [2.45, 2.75) is 0 Å². The van der Waals surface area contributed by atoms with Crippen LogP contribution in [0.2, 0.25) is 5.02 Å². The van der Waals surface area contributed by atoms with Crippen LogP contribution >= 0.6 is 34.2 Å². The van der Waals surface area contributed by atoms with E-state index in [0.717, 1.165) is 8.96 Å². The van der Waals surface area contributed by atoms with Gasteiger partial charge in [0.1, 0.15) is 5.58 Å². The summed E-state index contributed by atoms with van der Waals surface area (Å²) in [6.07, 6.45) is 0. The Morgan fingerprint density at radius 2 is 2.00 bits per heavy atom. The Kier molecular flexibility index (Phi) is 3.77. The van der Waals surface area contributed by atoms with Gasteiger partial charge in [-0.15, -0.1) is 0 Å². The number of furan rings is 1. The van der Waals surface area contributed by atoms with Crippen molar-refractivity contribution in [1.29, 1.82) is 0 Å². The van der Waals surface area contributed by atoms with Crippen LogP contribution in [-0.2, 0) is 0 Å². The van der Waals surface area contributed by atoms with Crippen LogP contribution < -0.4 is 11.1 Å². The van der Waals surface area contributed by atoms with Gasteiger partial charge in [0.2, 0.25) is 0 Å². The molecule has 0 fully saturated rings. The van der Waals surface area contributed by atoms with Gasteiger partial charge >= 0.3 is 0 Å². The Hall–Kier alpha value is -1.73. The summed E-state index contributed by atoms with van der Waals surface area (Å²) in [4.78, 5) is 12.2. The molecule has 0 aliphatic carbocycles. The first-order valence-electron chi connectivity index (χ1n) is 6.08. The second-order valence-corrected chi connectivity index (χ2v) is 6.14. The number of nitrogen functional groups attached to an aromatic ring is 1. The summed E-state index contributed by atoms with van der Waals surface area (Å²) in [6, 6.07) is 12.3. The van der Waals surface area contributed by atoms with E-state index in [1.54, 1.807) is 36.4 Å². The van der Waals surface area contributed by atoms with E-state index in [1.807, 2.05) is 6.07 Å². The maximum absolute atomic E-state index is 12.2. The summed E-state index contributed by atoms with van der Waals surface area (Å²) in [5.41, 5.74) is 7.49. The molecule has 0 aliphatic rings. The summed E-state index contributed by atoms with van der Waals surface area (Å²) >= 11 is 8.25. The number of halogens is 2. The van der Waals surface area contributed by atoms with Crippen molar-refractivity contribution < 1.29 is 9.21 Å². The summed E-state index contributed by atoms with van der Waals surface area (Å²) < 4.78 is 6.50. The lowest BCUT2D eigenvalue weighted by Crippen LogP contribution is -2.11. The highest BCUT2D eigenvalue weighted by molar-refractivity contribution is 14.1. The van der Waals surface area contributed by atoms with E-state index < -0.39 is 0 Å². The predicted molar refractivity (Wildman–Crippen MR) is 92.7 cm³/mol. The standard InChI is InChI=1S/C15H10ClIN2O2/c16-11-7-9(17)1-3-12(11)19-15(20)14-6-8-5-10(18)2-4-13(8)21-14/h1-7H,18H2,(H,19,20). The highest BCUT2D eigenvalue weighted by Gasteiger charge is 2.14. The van der Waals surface area contributed by atoms with Crippen LogP contribution in [0.15, 0.2) is 46.9 Å². The van der Waals surface area contributed by atoms with Crippen LogP contribution in [0.25, 0.3) is 11.0 Å². The van der Waals surface area contributed by atoms with Crippen LogP contribution in [0.4, 0.5) is 11.4 Å². The third kappa shape index (κ3) is 2.98. The molecule has 0 saturated carbocycles. The lowest BCUT2D eigenvalue weighted by atomic mass is 10.2. The van der Waals surface area contributed by atoms with Gasteiger partial charge in [-0.25, -0.2) is 0 Å². The van der Waals surface area contributed by atoms with Gasteiger partial charge in [-0.05, 0) is 65.1 Å². The van der Waals surface area contributed by atoms with Gasteiger partial charge in [0.05, 0.1) is 10.7 Å². The summed E-state index contributed by atoms with van der Waals surface area (Å²) in [7, 11) is 0. The van der Waals surface area contributed by atoms with Gasteiger partial charge in [0.25, 0.3) is 5.91 Å². The average molecular weight is 413 g/mol. The maximum atomic E-state index is 12.2. The first kappa shape index (κ1) is 14.2. The van der Waals surface area contributed by atoms with E-state index in [0.29, 0.717) is 22.0 Å². The fourth-order valence-corrected chi connectivity index (χ4v) is 2.85. The van der Waals surface area contributed by atoms with Crippen LogP contribution in [-0.4, -0.2) is 5.91 Å². The second kappa shape index (κ2) is 5.57. The Balaban J connectivity index is 1.89. The molecule has 0 bridgehead atoms. The number of fused-ring (bicyclic) bond motifs is 1. The third-order valence-corrected chi connectivity index (χ3v) is 3.93. The molecule has 3 N–H and O–H groups in total. The molecule has 1 aromatic heterocycles. The van der Waals surface area contributed by atoms with E-state index in [-0.39, 0.29) is 11.7 Å². The maximum Gasteiger partial charge on any atom is 0.291 e.